The first-order chi connectivity index (χ1) is 9.33. The topological polar surface area (TPSA) is 44.5 Å². The molecule has 2 atom stereocenters. The van der Waals surface area contributed by atoms with E-state index in [1.54, 1.807) is 0 Å². The Bertz CT molecular complexity index is 433. The minimum absolute atomic E-state index is 0.350. The number of nitrogens with two attached hydrogens (primary N) is 1. The maximum atomic E-state index is 6.17. The van der Waals surface area contributed by atoms with E-state index in [4.69, 9.17) is 15.2 Å². The lowest BCUT2D eigenvalue weighted by atomic mass is 9.90. The molecule has 0 aromatic heterocycles. The SMILES string of the molecule is NC1CCCCC(c2ccc3c(c2)OCCCO3)C1. The first kappa shape index (κ1) is 12.8. The number of ether oxygens (including phenoxy) is 2. The molecule has 1 fully saturated rings. The van der Waals surface area contributed by atoms with Crippen molar-refractivity contribution in [3.63, 3.8) is 0 Å². The van der Waals surface area contributed by atoms with Crippen molar-refractivity contribution in [3.8, 4) is 11.5 Å². The third-order valence-electron chi connectivity index (χ3n) is 4.21. The first-order valence-corrected chi connectivity index (χ1v) is 7.48. The normalized spacial score (nSPS) is 27.4. The molecule has 1 aliphatic carbocycles. The van der Waals surface area contributed by atoms with Gasteiger partial charge in [-0.05, 0) is 42.9 Å². The van der Waals surface area contributed by atoms with Crippen LogP contribution in [0.1, 0.15) is 50.0 Å². The van der Waals surface area contributed by atoms with Crippen molar-refractivity contribution in [1.29, 1.82) is 0 Å². The number of rotatable bonds is 1. The highest BCUT2D eigenvalue weighted by Gasteiger charge is 2.21. The lowest BCUT2D eigenvalue weighted by Crippen LogP contribution is -2.20. The zero-order valence-corrected chi connectivity index (χ0v) is 11.4. The van der Waals surface area contributed by atoms with E-state index < -0.39 is 0 Å². The van der Waals surface area contributed by atoms with Crippen LogP contribution in [-0.2, 0) is 0 Å². The monoisotopic (exact) mass is 261 g/mol. The third-order valence-corrected chi connectivity index (χ3v) is 4.21. The summed E-state index contributed by atoms with van der Waals surface area (Å²) in [5.41, 5.74) is 7.53. The molecule has 2 unspecified atom stereocenters. The highest BCUT2D eigenvalue weighted by Crippen LogP contribution is 2.37. The average Bonchev–Trinajstić information content (AvgIpc) is 2.77. The van der Waals surface area contributed by atoms with E-state index in [0.717, 1.165) is 37.6 Å². The summed E-state index contributed by atoms with van der Waals surface area (Å²) in [5.74, 6) is 2.38. The van der Waals surface area contributed by atoms with Gasteiger partial charge >= 0.3 is 0 Å². The van der Waals surface area contributed by atoms with Crippen LogP contribution in [0.4, 0.5) is 0 Å². The lowest BCUT2D eigenvalue weighted by molar-refractivity contribution is 0.297. The largest absolute Gasteiger partial charge is 0.490 e. The van der Waals surface area contributed by atoms with E-state index in [2.05, 4.69) is 18.2 Å². The lowest BCUT2D eigenvalue weighted by Gasteiger charge is -2.19. The summed E-state index contributed by atoms with van der Waals surface area (Å²) < 4.78 is 11.5. The minimum Gasteiger partial charge on any atom is -0.490 e. The van der Waals surface area contributed by atoms with Crippen LogP contribution in [0.5, 0.6) is 11.5 Å². The van der Waals surface area contributed by atoms with Gasteiger partial charge in [-0.3, -0.25) is 0 Å². The van der Waals surface area contributed by atoms with Crippen LogP contribution in [-0.4, -0.2) is 19.3 Å². The maximum Gasteiger partial charge on any atom is 0.161 e. The van der Waals surface area contributed by atoms with Gasteiger partial charge in [-0.1, -0.05) is 18.9 Å². The van der Waals surface area contributed by atoms with Crippen molar-refractivity contribution in [2.24, 2.45) is 5.73 Å². The molecule has 1 aromatic rings. The van der Waals surface area contributed by atoms with Crippen LogP contribution < -0.4 is 15.2 Å². The predicted molar refractivity (Wildman–Crippen MR) is 75.9 cm³/mol. The molecule has 1 aromatic carbocycles. The van der Waals surface area contributed by atoms with Crippen LogP contribution >= 0.6 is 0 Å². The van der Waals surface area contributed by atoms with Crippen LogP contribution in [0, 0.1) is 0 Å². The van der Waals surface area contributed by atoms with E-state index in [1.807, 2.05) is 0 Å². The summed E-state index contributed by atoms with van der Waals surface area (Å²) >= 11 is 0. The third kappa shape index (κ3) is 3.03. The minimum atomic E-state index is 0.350. The molecule has 19 heavy (non-hydrogen) atoms. The highest BCUT2D eigenvalue weighted by molar-refractivity contribution is 5.44. The summed E-state index contributed by atoms with van der Waals surface area (Å²) in [5, 5.41) is 0. The quantitative estimate of drug-likeness (QED) is 0.789. The van der Waals surface area contributed by atoms with Gasteiger partial charge in [-0.2, -0.15) is 0 Å². The molecular weight excluding hydrogens is 238 g/mol. The molecular formula is C16H23NO2. The van der Waals surface area contributed by atoms with Crippen molar-refractivity contribution < 1.29 is 9.47 Å². The second-order valence-electron chi connectivity index (χ2n) is 5.73. The second-order valence-corrected chi connectivity index (χ2v) is 5.73. The second kappa shape index (κ2) is 5.83. The Morgan fingerprint density at radius 2 is 1.74 bits per heavy atom. The van der Waals surface area contributed by atoms with Gasteiger partial charge in [-0.15, -0.1) is 0 Å². The zero-order valence-electron chi connectivity index (χ0n) is 11.4. The Kier molecular flexibility index (Phi) is 3.92. The van der Waals surface area contributed by atoms with Gasteiger partial charge in [-0.25, -0.2) is 0 Å². The van der Waals surface area contributed by atoms with Crippen LogP contribution in [0.25, 0.3) is 0 Å². The van der Waals surface area contributed by atoms with E-state index in [0.29, 0.717) is 12.0 Å². The molecule has 2 aliphatic rings. The van der Waals surface area contributed by atoms with Gasteiger partial charge in [0, 0.05) is 12.5 Å². The Labute approximate surface area is 115 Å². The molecule has 1 aliphatic heterocycles. The molecule has 1 saturated carbocycles. The number of hydrogen-bond acceptors (Lipinski definition) is 3. The molecule has 3 heteroatoms. The number of hydrogen-bond donors (Lipinski definition) is 1. The molecule has 1 heterocycles. The standard InChI is InChI=1S/C16H23NO2/c17-14-5-2-1-4-12(10-14)13-6-7-15-16(11-13)19-9-3-8-18-15/h6-7,11-12,14H,1-5,8-10,17H2. The molecule has 0 spiro atoms. The van der Waals surface area contributed by atoms with Crippen molar-refractivity contribution in [2.75, 3.05) is 13.2 Å². The fourth-order valence-electron chi connectivity index (χ4n) is 3.13. The average molecular weight is 261 g/mol. The molecule has 0 saturated heterocycles. The Morgan fingerprint density at radius 3 is 2.63 bits per heavy atom. The van der Waals surface area contributed by atoms with Crippen molar-refractivity contribution in [2.45, 2.75) is 50.5 Å². The summed E-state index contributed by atoms with van der Waals surface area (Å²) in [7, 11) is 0. The van der Waals surface area contributed by atoms with Gasteiger partial charge in [0.05, 0.1) is 13.2 Å². The van der Waals surface area contributed by atoms with Crippen LogP contribution in [0.3, 0.4) is 0 Å². The van der Waals surface area contributed by atoms with Crippen LogP contribution in [0.15, 0.2) is 18.2 Å². The summed E-state index contributed by atoms with van der Waals surface area (Å²) in [6.45, 7) is 1.50. The molecule has 0 bridgehead atoms. The number of fused-ring (bicyclic) bond motifs is 1. The summed E-state index contributed by atoms with van der Waals surface area (Å²) in [6, 6.07) is 6.77. The summed E-state index contributed by atoms with van der Waals surface area (Å²) in [4.78, 5) is 0. The van der Waals surface area contributed by atoms with Gasteiger partial charge in [0.25, 0.3) is 0 Å². The van der Waals surface area contributed by atoms with E-state index in [9.17, 15) is 0 Å². The van der Waals surface area contributed by atoms with Gasteiger partial charge in [0.2, 0.25) is 0 Å². The first-order valence-electron chi connectivity index (χ1n) is 7.48. The van der Waals surface area contributed by atoms with E-state index >= 15 is 0 Å². The number of benzene rings is 1. The fraction of sp³-hybridized carbons (Fsp3) is 0.625. The van der Waals surface area contributed by atoms with Gasteiger partial charge in [0.15, 0.2) is 11.5 Å². The Morgan fingerprint density at radius 1 is 0.947 bits per heavy atom. The molecule has 0 radical (unpaired) electrons. The molecule has 104 valence electrons. The molecule has 3 rings (SSSR count). The van der Waals surface area contributed by atoms with Gasteiger partial charge < -0.3 is 15.2 Å². The predicted octanol–water partition coefficient (Wildman–Crippen LogP) is 3.22. The highest BCUT2D eigenvalue weighted by atomic mass is 16.5. The van der Waals surface area contributed by atoms with Crippen molar-refractivity contribution in [3.05, 3.63) is 23.8 Å². The summed E-state index contributed by atoms with van der Waals surface area (Å²) in [6.07, 6.45) is 7.02. The Balaban J connectivity index is 1.82. The van der Waals surface area contributed by atoms with Crippen molar-refractivity contribution in [1.82, 2.24) is 0 Å². The maximum absolute atomic E-state index is 6.17. The smallest absolute Gasteiger partial charge is 0.161 e. The molecule has 0 amide bonds. The Hall–Kier alpha value is -1.22. The molecule has 3 nitrogen and oxygen atoms in total. The van der Waals surface area contributed by atoms with Gasteiger partial charge in [0.1, 0.15) is 0 Å². The molecule has 2 N–H and O–H groups in total. The van der Waals surface area contributed by atoms with Crippen LogP contribution in [0.2, 0.25) is 0 Å². The zero-order chi connectivity index (χ0) is 13.1. The van der Waals surface area contributed by atoms with Crippen molar-refractivity contribution >= 4 is 0 Å². The van der Waals surface area contributed by atoms with E-state index in [-0.39, 0.29) is 0 Å². The fourth-order valence-corrected chi connectivity index (χ4v) is 3.13. The van der Waals surface area contributed by atoms with E-state index in [1.165, 1.54) is 31.2 Å².